The summed E-state index contributed by atoms with van der Waals surface area (Å²) in [6.07, 6.45) is 3.76. The van der Waals surface area contributed by atoms with E-state index in [0.29, 0.717) is 48.2 Å². The summed E-state index contributed by atoms with van der Waals surface area (Å²) in [6, 6.07) is 4.00. The van der Waals surface area contributed by atoms with Crippen LogP contribution in [-0.4, -0.2) is 53.9 Å². The van der Waals surface area contributed by atoms with E-state index in [4.69, 9.17) is 9.15 Å². The number of hydrogen-bond acceptors (Lipinski definition) is 5. The van der Waals surface area contributed by atoms with Crippen molar-refractivity contribution in [1.29, 1.82) is 0 Å². The van der Waals surface area contributed by atoms with Crippen LogP contribution >= 0.6 is 0 Å². The summed E-state index contributed by atoms with van der Waals surface area (Å²) in [5, 5.41) is 0.883. The smallest absolute Gasteiger partial charge is 0.339 e. The van der Waals surface area contributed by atoms with Gasteiger partial charge in [0.25, 0.3) is 5.91 Å². The molecule has 32 heavy (non-hydrogen) atoms. The number of nitrogens with zero attached hydrogens (tertiary/aromatic N) is 2. The molecule has 3 aliphatic heterocycles. The van der Waals surface area contributed by atoms with Gasteiger partial charge in [-0.3, -0.25) is 9.59 Å². The van der Waals surface area contributed by atoms with E-state index in [2.05, 4.69) is 4.90 Å². The van der Waals surface area contributed by atoms with Gasteiger partial charge in [-0.2, -0.15) is 0 Å². The lowest BCUT2D eigenvalue weighted by molar-refractivity contribution is -0.149. The molecular weight excluding hydrogens is 408 g/mol. The first-order valence-electron chi connectivity index (χ1n) is 11.6. The Kier molecular flexibility index (Phi) is 5.22. The molecule has 4 heterocycles. The predicted octanol–water partition coefficient (Wildman–Crippen LogP) is 2.96. The van der Waals surface area contributed by atoms with Gasteiger partial charge in [0.05, 0.1) is 0 Å². The van der Waals surface area contributed by atoms with Crippen molar-refractivity contribution in [2.45, 2.75) is 52.5 Å². The van der Waals surface area contributed by atoms with E-state index < -0.39 is 0 Å². The van der Waals surface area contributed by atoms with Gasteiger partial charge in [0.1, 0.15) is 11.3 Å². The Balaban J connectivity index is 1.29. The second kappa shape index (κ2) is 7.94. The van der Waals surface area contributed by atoms with Crippen molar-refractivity contribution < 1.29 is 18.7 Å². The molecule has 0 spiro atoms. The van der Waals surface area contributed by atoms with Gasteiger partial charge >= 0.3 is 5.63 Å². The highest BCUT2D eigenvalue weighted by molar-refractivity contribution is 5.86. The van der Waals surface area contributed by atoms with Crippen molar-refractivity contribution in [1.82, 2.24) is 9.80 Å². The minimum absolute atomic E-state index is 0.0312. The first kappa shape index (κ1) is 21.0. The van der Waals surface area contributed by atoms with Crippen molar-refractivity contribution in [2.24, 2.45) is 11.8 Å². The third-order valence-corrected chi connectivity index (χ3v) is 7.71. The number of piperidine rings is 3. The topological polar surface area (TPSA) is 80.1 Å². The lowest BCUT2D eigenvalue weighted by Crippen LogP contribution is -2.61. The van der Waals surface area contributed by atoms with E-state index in [0.717, 1.165) is 42.3 Å². The molecule has 1 aromatic heterocycles. The zero-order chi connectivity index (χ0) is 22.6. The standard InChI is InChI=1S/C25H30N2O5/c1-14-15(2)25(30)32-24-16(3)21(8-7-19(14)24)31-13-23(29)26-10-17-9-18(12-26)20-5-4-6-22(28)27(20)11-17/h7-8,17-18,20H,4-6,9-13H2,1-3H3/t17-,18+,20+/m1/s1. The molecule has 0 unspecified atom stereocenters. The summed E-state index contributed by atoms with van der Waals surface area (Å²) in [5.74, 6) is 1.51. The van der Waals surface area contributed by atoms with Gasteiger partial charge < -0.3 is 19.0 Å². The maximum Gasteiger partial charge on any atom is 0.339 e. The van der Waals surface area contributed by atoms with E-state index in [1.54, 1.807) is 6.92 Å². The normalized spacial score (nSPS) is 25.1. The lowest BCUT2D eigenvalue weighted by Gasteiger charge is -2.52. The van der Waals surface area contributed by atoms with E-state index in [9.17, 15) is 14.4 Å². The molecule has 0 radical (unpaired) electrons. The molecule has 3 saturated heterocycles. The van der Waals surface area contributed by atoms with E-state index >= 15 is 0 Å². The molecule has 5 rings (SSSR count). The minimum Gasteiger partial charge on any atom is -0.483 e. The summed E-state index contributed by atoms with van der Waals surface area (Å²) < 4.78 is 11.4. The molecule has 170 valence electrons. The highest BCUT2D eigenvalue weighted by Gasteiger charge is 2.44. The van der Waals surface area contributed by atoms with Crippen LogP contribution in [0.25, 0.3) is 11.0 Å². The summed E-state index contributed by atoms with van der Waals surface area (Å²) >= 11 is 0. The number of hydrogen-bond donors (Lipinski definition) is 0. The number of likely N-dealkylation sites (tertiary alicyclic amines) is 1. The predicted molar refractivity (Wildman–Crippen MR) is 120 cm³/mol. The van der Waals surface area contributed by atoms with Crippen LogP contribution in [0.3, 0.4) is 0 Å². The van der Waals surface area contributed by atoms with Crippen LogP contribution in [0.1, 0.15) is 42.4 Å². The van der Waals surface area contributed by atoms with Gasteiger partial charge in [-0.05, 0) is 69.6 Å². The number of ether oxygens (including phenoxy) is 1. The maximum absolute atomic E-state index is 13.0. The van der Waals surface area contributed by atoms with Crippen LogP contribution in [0.4, 0.5) is 0 Å². The van der Waals surface area contributed by atoms with Crippen molar-refractivity contribution in [2.75, 3.05) is 26.2 Å². The summed E-state index contributed by atoms with van der Waals surface area (Å²) in [6.45, 7) is 7.61. The molecule has 1 aromatic carbocycles. The van der Waals surface area contributed by atoms with E-state index in [1.165, 1.54) is 0 Å². The van der Waals surface area contributed by atoms with Gasteiger partial charge in [0.15, 0.2) is 6.61 Å². The Morgan fingerprint density at radius 1 is 1.09 bits per heavy atom. The second-order valence-electron chi connectivity index (χ2n) is 9.66. The summed E-state index contributed by atoms with van der Waals surface area (Å²) in [4.78, 5) is 41.4. The summed E-state index contributed by atoms with van der Waals surface area (Å²) in [7, 11) is 0. The van der Waals surface area contributed by atoms with Crippen LogP contribution in [-0.2, 0) is 9.59 Å². The number of rotatable bonds is 3. The van der Waals surface area contributed by atoms with Crippen LogP contribution in [0.2, 0.25) is 0 Å². The Morgan fingerprint density at radius 2 is 1.91 bits per heavy atom. The number of carbonyl (C=O) groups is 2. The Bertz CT molecular complexity index is 1150. The van der Waals surface area contributed by atoms with Gasteiger partial charge in [-0.15, -0.1) is 0 Å². The largest absolute Gasteiger partial charge is 0.483 e. The number of benzene rings is 1. The van der Waals surface area contributed by atoms with Crippen LogP contribution in [0.15, 0.2) is 21.3 Å². The molecule has 2 bridgehead atoms. The zero-order valence-corrected chi connectivity index (χ0v) is 19.0. The second-order valence-corrected chi connectivity index (χ2v) is 9.66. The third kappa shape index (κ3) is 3.48. The van der Waals surface area contributed by atoms with Crippen molar-refractivity contribution in [3.63, 3.8) is 0 Å². The van der Waals surface area contributed by atoms with E-state index in [-0.39, 0.29) is 30.1 Å². The molecule has 2 aromatic rings. The Hall–Kier alpha value is -2.83. The van der Waals surface area contributed by atoms with Crippen molar-refractivity contribution in [3.05, 3.63) is 39.2 Å². The fourth-order valence-electron chi connectivity index (χ4n) is 5.83. The monoisotopic (exact) mass is 438 g/mol. The summed E-state index contributed by atoms with van der Waals surface area (Å²) in [5.41, 5.74) is 2.40. The molecule has 3 atom stereocenters. The fraction of sp³-hybridized carbons (Fsp3) is 0.560. The molecule has 2 amide bonds. The quantitative estimate of drug-likeness (QED) is 0.689. The van der Waals surface area contributed by atoms with Gasteiger partial charge in [0, 0.05) is 48.6 Å². The molecule has 0 saturated carbocycles. The highest BCUT2D eigenvalue weighted by Crippen LogP contribution is 2.38. The van der Waals surface area contributed by atoms with Gasteiger partial charge in [0.2, 0.25) is 5.91 Å². The van der Waals surface area contributed by atoms with Crippen molar-refractivity contribution >= 4 is 22.8 Å². The third-order valence-electron chi connectivity index (χ3n) is 7.71. The molecule has 3 aliphatic rings. The first-order chi connectivity index (χ1) is 15.3. The minimum atomic E-state index is -0.346. The lowest BCUT2D eigenvalue weighted by atomic mass is 9.76. The Labute approximate surface area is 187 Å². The van der Waals surface area contributed by atoms with Gasteiger partial charge in [-0.25, -0.2) is 4.79 Å². The van der Waals surface area contributed by atoms with Crippen LogP contribution in [0.5, 0.6) is 5.75 Å². The average Bonchev–Trinajstić information content (AvgIpc) is 2.78. The molecule has 7 nitrogen and oxygen atoms in total. The molecule has 0 N–H and O–H groups in total. The Morgan fingerprint density at radius 3 is 2.72 bits per heavy atom. The highest BCUT2D eigenvalue weighted by atomic mass is 16.5. The van der Waals surface area contributed by atoms with E-state index in [1.807, 2.05) is 30.9 Å². The number of amides is 2. The average molecular weight is 439 g/mol. The van der Waals surface area contributed by atoms with Crippen molar-refractivity contribution in [3.8, 4) is 5.75 Å². The fourth-order valence-corrected chi connectivity index (χ4v) is 5.83. The van der Waals surface area contributed by atoms with Crippen LogP contribution < -0.4 is 10.4 Å². The number of aryl methyl sites for hydroxylation is 2. The number of fused-ring (bicyclic) bond motifs is 5. The van der Waals surface area contributed by atoms with Gasteiger partial charge in [-0.1, -0.05) is 0 Å². The molecule has 3 fully saturated rings. The molecule has 0 aliphatic carbocycles. The molecular formula is C25H30N2O5. The maximum atomic E-state index is 13.0. The first-order valence-corrected chi connectivity index (χ1v) is 11.6. The molecule has 7 heteroatoms. The zero-order valence-electron chi connectivity index (χ0n) is 19.0. The number of carbonyl (C=O) groups excluding carboxylic acids is 2. The van der Waals surface area contributed by atoms with Crippen LogP contribution in [0, 0.1) is 32.6 Å². The SMILES string of the molecule is Cc1c(C)c2ccc(OCC(=O)N3C[C@H]4C[C@@H](C3)[C@@H]3CCCC(=O)N3C4)c(C)c2oc1=O.